The number of hydrogen-bond donors (Lipinski definition) is 3. The highest BCUT2D eigenvalue weighted by Gasteiger charge is 2.09. The molecule has 0 atom stereocenters. The van der Waals surface area contributed by atoms with Crippen LogP contribution >= 0.6 is 0 Å². The van der Waals surface area contributed by atoms with Gasteiger partial charge in [-0.05, 0) is 6.07 Å². The van der Waals surface area contributed by atoms with Crippen LogP contribution in [0.1, 0.15) is 0 Å². The molecule has 0 unspecified atom stereocenters. The second-order valence-corrected chi connectivity index (χ2v) is 3.18. The predicted molar refractivity (Wildman–Crippen MR) is 55.9 cm³/mol. The lowest BCUT2D eigenvalue weighted by molar-refractivity contribution is 1.10. The Morgan fingerprint density at radius 2 is 2.20 bits per heavy atom. The highest BCUT2D eigenvalue weighted by Crippen LogP contribution is 2.22. The Morgan fingerprint density at radius 1 is 1.27 bits per heavy atom. The number of nitrogens with zero attached hydrogens (tertiary/aromatic N) is 3. The van der Waals surface area contributed by atoms with E-state index in [1.807, 2.05) is 6.07 Å². The normalized spacial score (nSPS) is 10.9. The molecule has 4 N–H and O–H groups in total. The van der Waals surface area contributed by atoms with Gasteiger partial charge >= 0.3 is 0 Å². The van der Waals surface area contributed by atoms with Gasteiger partial charge in [0, 0.05) is 6.20 Å². The molecular formula is C9H8N6. The third kappa shape index (κ3) is 1.15. The molecule has 6 heteroatoms. The van der Waals surface area contributed by atoms with Crippen molar-refractivity contribution in [2.45, 2.75) is 0 Å². The van der Waals surface area contributed by atoms with Crippen molar-refractivity contribution in [3.05, 3.63) is 24.7 Å². The number of rotatable bonds is 1. The van der Waals surface area contributed by atoms with Crippen LogP contribution in [0.3, 0.4) is 0 Å². The molecule has 0 aliphatic heterocycles. The molecule has 0 aliphatic carbocycles. The van der Waals surface area contributed by atoms with Crippen LogP contribution < -0.4 is 5.73 Å². The molecule has 0 radical (unpaired) electrons. The largest absolute Gasteiger partial charge is 0.383 e. The van der Waals surface area contributed by atoms with Gasteiger partial charge in [0.2, 0.25) is 0 Å². The van der Waals surface area contributed by atoms with E-state index in [-0.39, 0.29) is 0 Å². The van der Waals surface area contributed by atoms with Crippen molar-refractivity contribution in [2.24, 2.45) is 0 Å². The molecule has 6 nitrogen and oxygen atoms in total. The highest BCUT2D eigenvalue weighted by atomic mass is 15.1. The summed E-state index contributed by atoms with van der Waals surface area (Å²) >= 11 is 0. The summed E-state index contributed by atoms with van der Waals surface area (Å²) in [6.07, 6.45) is 5.06. The van der Waals surface area contributed by atoms with Crippen molar-refractivity contribution in [2.75, 3.05) is 5.73 Å². The molecule has 3 rings (SSSR count). The van der Waals surface area contributed by atoms with Crippen molar-refractivity contribution in [3.8, 4) is 11.4 Å². The average Bonchev–Trinajstić information content (AvgIpc) is 2.82. The van der Waals surface area contributed by atoms with E-state index in [0.717, 1.165) is 16.6 Å². The SMILES string of the molecule is Nc1[nH]ncc1-c1nc2ccncc2[nH]1. The Bertz CT molecular complexity index is 575. The van der Waals surface area contributed by atoms with Gasteiger partial charge in [-0.1, -0.05) is 0 Å². The van der Waals surface area contributed by atoms with Crippen LogP contribution in [-0.4, -0.2) is 25.1 Å². The summed E-state index contributed by atoms with van der Waals surface area (Å²) in [7, 11) is 0. The number of pyridine rings is 1. The highest BCUT2D eigenvalue weighted by molar-refractivity contribution is 5.80. The van der Waals surface area contributed by atoms with E-state index in [2.05, 4.69) is 25.1 Å². The van der Waals surface area contributed by atoms with Crippen molar-refractivity contribution in [3.63, 3.8) is 0 Å². The second kappa shape index (κ2) is 2.81. The summed E-state index contributed by atoms with van der Waals surface area (Å²) in [4.78, 5) is 11.5. The van der Waals surface area contributed by atoms with E-state index in [0.29, 0.717) is 11.6 Å². The summed E-state index contributed by atoms with van der Waals surface area (Å²) in [5, 5.41) is 6.51. The molecule has 0 fully saturated rings. The topological polar surface area (TPSA) is 96.3 Å². The molecule has 3 aromatic heterocycles. The minimum absolute atomic E-state index is 0.502. The third-order valence-corrected chi connectivity index (χ3v) is 2.21. The van der Waals surface area contributed by atoms with Gasteiger partial charge in [0.05, 0.1) is 29.0 Å². The molecule has 0 saturated heterocycles. The smallest absolute Gasteiger partial charge is 0.143 e. The molecule has 0 aliphatic rings. The molecule has 0 aromatic carbocycles. The molecule has 0 amide bonds. The van der Waals surface area contributed by atoms with Crippen LogP contribution in [0.5, 0.6) is 0 Å². The Kier molecular flexibility index (Phi) is 1.49. The van der Waals surface area contributed by atoms with E-state index < -0.39 is 0 Å². The first-order valence-corrected chi connectivity index (χ1v) is 4.43. The summed E-state index contributed by atoms with van der Waals surface area (Å²) in [6.45, 7) is 0. The van der Waals surface area contributed by atoms with Gasteiger partial charge in [-0.15, -0.1) is 0 Å². The number of H-pyrrole nitrogens is 2. The first-order valence-electron chi connectivity index (χ1n) is 4.43. The van der Waals surface area contributed by atoms with Gasteiger partial charge < -0.3 is 10.7 Å². The van der Waals surface area contributed by atoms with Gasteiger partial charge in [-0.3, -0.25) is 10.1 Å². The van der Waals surface area contributed by atoms with Crippen molar-refractivity contribution in [1.82, 2.24) is 25.1 Å². The Hall–Kier alpha value is -2.37. The zero-order chi connectivity index (χ0) is 10.3. The number of nitrogen functional groups attached to an aromatic ring is 1. The number of imidazole rings is 1. The number of nitrogens with one attached hydrogen (secondary N) is 2. The lowest BCUT2D eigenvalue weighted by atomic mass is 10.3. The molecule has 3 aromatic rings. The molecular weight excluding hydrogens is 192 g/mol. The quantitative estimate of drug-likeness (QED) is 0.544. The number of nitrogens with two attached hydrogens (primary N) is 1. The van der Waals surface area contributed by atoms with Crippen LogP contribution in [0, 0.1) is 0 Å². The van der Waals surface area contributed by atoms with Crippen LogP contribution in [0.2, 0.25) is 0 Å². The lowest BCUT2D eigenvalue weighted by Gasteiger charge is -1.90. The minimum Gasteiger partial charge on any atom is -0.383 e. The van der Waals surface area contributed by atoms with Crippen LogP contribution in [0.25, 0.3) is 22.4 Å². The van der Waals surface area contributed by atoms with E-state index in [4.69, 9.17) is 5.73 Å². The maximum atomic E-state index is 5.70. The maximum Gasteiger partial charge on any atom is 0.143 e. The monoisotopic (exact) mass is 200 g/mol. The molecule has 0 spiro atoms. The minimum atomic E-state index is 0.502. The van der Waals surface area contributed by atoms with Gasteiger partial charge in [0.1, 0.15) is 11.6 Å². The Balaban J connectivity index is 2.24. The van der Waals surface area contributed by atoms with E-state index in [1.54, 1.807) is 18.6 Å². The summed E-state index contributed by atoms with van der Waals surface area (Å²) in [6, 6.07) is 1.84. The zero-order valence-electron chi connectivity index (χ0n) is 7.73. The number of hydrogen-bond acceptors (Lipinski definition) is 4. The number of aromatic nitrogens is 5. The van der Waals surface area contributed by atoms with Gasteiger partial charge in [-0.2, -0.15) is 5.10 Å². The molecule has 3 heterocycles. The molecule has 15 heavy (non-hydrogen) atoms. The van der Waals surface area contributed by atoms with E-state index in [9.17, 15) is 0 Å². The number of aromatic amines is 2. The Labute approximate surface area is 84.6 Å². The molecule has 0 bridgehead atoms. The summed E-state index contributed by atoms with van der Waals surface area (Å²) in [5.41, 5.74) is 8.21. The maximum absolute atomic E-state index is 5.70. The van der Waals surface area contributed by atoms with Crippen molar-refractivity contribution in [1.29, 1.82) is 0 Å². The predicted octanol–water partition coefficient (Wildman–Crippen LogP) is 0.930. The van der Waals surface area contributed by atoms with Crippen molar-refractivity contribution < 1.29 is 0 Å². The number of anilines is 1. The second-order valence-electron chi connectivity index (χ2n) is 3.18. The average molecular weight is 200 g/mol. The Morgan fingerprint density at radius 3 is 2.93 bits per heavy atom. The fourth-order valence-corrected chi connectivity index (χ4v) is 1.47. The van der Waals surface area contributed by atoms with E-state index in [1.165, 1.54) is 0 Å². The van der Waals surface area contributed by atoms with Crippen LogP contribution in [0.15, 0.2) is 24.7 Å². The van der Waals surface area contributed by atoms with Crippen molar-refractivity contribution >= 4 is 16.9 Å². The molecule has 0 saturated carbocycles. The number of fused-ring (bicyclic) bond motifs is 1. The zero-order valence-corrected chi connectivity index (χ0v) is 7.73. The summed E-state index contributed by atoms with van der Waals surface area (Å²) in [5.74, 6) is 1.20. The van der Waals surface area contributed by atoms with Gasteiger partial charge in [0.25, 0.3) is 0 Å². The van der Waals surface area contributed by atoms with Crippen LogP contribution in [0.4, 0.5) is 5.82 Å². The summed E-state index contributed by atoms with van der Waals surface area (Å²) < 4.78 is 0. The standard InChI is InChI=1S/C9H8N6/c10-8-5(3-12-15-8)9-13-6-1-2-11-4-7(6)14-9/h1-4H,(H,13,14)(H3,10,12,15). The van der Waals surface area contributed by atoms with Crippen LogP contribution in [-0.2, 0) is 0 Å². The fourth-order valence-electron chi connectivity index (χ4n) is 1.47. The van der Waals surface area contributed by atoms with E-state index >= 15 is 0 Å². The third-order valence-electron chi connectivity index (χ3n) is 2.21. The fraction of sp³-hybridized carbons (Fsp3) is 0. The lowest BCUT2D eigenvalue weighted by Crippen LogP contribution is -1.88. The first kappa shape index (κ1) is 7.98. The van der Waals surface area contributed by atoms with Gasteiger partial charge in [0.15, 0.2) is 0 Å². The van der Waals surface area contributed by atoms with Gasteiger partial charge in [-0.25, -0.2) is 4.98 Å². The first-order chi connectivity index (χ1) is 7.34. The molecule has 74 valence electrons.